The summed E-state index contributed by atoms with van der Waals surface area (Å²) in [4.78, 5) is 0. The van der Waals surface area contributed by atoms with E-state index < -0.39 is 11.6 Å². The van der Waals surface area contributed by atoms with Gasteiger partial charge in [0.05, 0.1) is 0 Å². The lowest BCUT2D eigenvalue weighted by molar-refractivity contribution is 0.422. The van der Waals surface area contributed by atoms with E-state index in [2.05, 4.69) is 10.4 Å². The first-order valence-corrected chi connectivity index (χ1v) is 6.10. The second-order valence-electron chi connectivity index (χ2n) is 5.46. The molecule has 1 aromatic heterocycles. The lowest BCUT2D eigenvalue weighted by atomic mass is 10.1. The van der Waals surface area contributed by atoms with E-state index >= 15 is 0 Å². The quantitative estimate of drug-likeness (QED) is 0.924. The molecule has 0 spiro atoms. The zero-order valence-corrected chi connectivity index (χ0v) is 11.2. The monoisotopic (exact) mass is 265 g/mol. The van der Waals surface area contributed by atoms with E-state index in [-0.39, 0.29) is 11.2 Å². The van der Waals surface area contributed by atoms with E-state index in [9.17, 15) is 8.78 Å². The number of nitrogens with one attached hydrogen (secondary N) is 1. The van der Waals surface area contributed by atoms with Crippen molar-refractivity contribution < 1.29 is 8.78 Å². The zero-order chi connectivity index (χ0) is 14.0. The van der Waals surface area contributed by atoms with Gasteiger partial charge in [-0.3, -0.25) is 0 Å². The summed E-state index contributed by atoms with van der Waals surface area (Å²) >= 11 is 0. The van der Waals surface area contributed by atoms with Crippen LogP contribution in [0.3, 0.4) is 0 Å². The van der Waals surface area contributed by atoms with Crippen LogP contribution in [0.4, 0.5) is 8.78 Å². The molecule has 0 radical (unpaired) electrons. The van der Waals surface area contributed by atoms with Gasteiger partial charge in [0, 0.05) is 24.5 Å². The van der Waals surface area contributed by atoms with E-state index in [4.69, 9.17) is 0 Å². The van der Waals surface area contributed by atoms with Crippen LogP contribution in [0, 0.1) is 11.6 Å². The number of rotatable bonds is 3. The highest BCUT2D eigenvalue weighted by Gasteiger charge is 2.15. The van der Waals surface area contributed by atoms with Gasteiger partial charge in [-0.05, 0) is 44.5 Å². The Morgan fingerprint density at radius 2 is 1.84 bits per heavy atom. The van der Waals surface area contributed by atoms with Crippen LogP contribution < -0.4 is 5.32 Å². The van der Waals surface area contributed by atoms with Crippen molar-refractivity contribution in [3.63, 3.8) is 0 Å². The minimum absolute atomic E-state index is 0.104. The van der Waals surface area contributed by atoms with Crippen LogP contribution >= 0.6 is 0 Å². The van der Waals surface area contributed by atoms with Gasteiger partial charge in [0.15, 0.2) is 11.6 Å². The molecular formula is C14H17F2N3. The van der Waals surface area contributed by atoms with Crippen LogP contribution in [-0.4, -0.2) is 15.3 Å². The zero-order valence-electron chi connectivity index (χ0n) is 11.2. The van der Waals surface area contributed by atoms with Gasteiger partial charge >= 0.3 is 0 Å². The third-order valence-electron chi connectivity index (χ3n) is 2.63. The Bertz CT molecular complexity index is 534. The van der Waals surface area contributed by atoms with Crippen molar-refractivity contribution in [3.05, 3.63) is 47.8 Å². The van der Waals surface area contributed by atoms with Crippen LogP contribution in [-0.2, 0) is 6.54 Å². The van der Waals surface area contributed by atoms with Crippen molar-refractivity contribution in [3.8, 4) is 5.69 Å². The number of aromatic nitrogens is 2. The lowest BCUT2D eigenvalue weighted by Crippen LogP contribution is -2.35. The molecule has 0 bridgehead atoms. The van der Waals surface area contributed by atoms with Gasteiger partial charge in [-0.1, -0.05) is 0 Å². The van der Waals surface area contributed by atoms with Gasteiger partial charge in [-0.2, -0.15) is 5.10 Å². The van der Waals surface area contributed by atoms with Crippen LogP contribution in [0.1, 0.15) is 26.3 Å². The van der Waals surface area contributed by atoms with E-state index in [0.29, 0.717) is 12.1 Å². The Balaban J connectivity index is 2.27. The van der Waals surface area contributed by atoms with Gasteiger partial charge in [-0.15, -0.1) is 0 Å². The maximum atomic E-state index is 14.0. The van der Waals surface area contributed by atoms with Crippen molar-refractivity contribution in [2.75, 3.05) is 0 Å². The number of halogens is 2. The summed E-state index contributed by atoms with van der Waals surface area (Å²) in [5, 5.41) is 7.04. The molecule has 102 valence electrons. The summed E-state index contributed by atoms with van der Waals surface area (Å²) in [6.45, 7) is 6.41. The summed E-state index contributed by atoms with van der Waals surface area (Å²) in [5.41, 5.74) is 0.318. The molecule has 0 atom stereocenters. The van der Waals surface area contributed by atoms with Crippen LogP contribution in [0.25, 0.3) is 5.69 Å². The summed E-state index contributed by atoms with van der Waals surface area (Å²) in [6, 6.07) is 4.28. The van der Waals surface area contributed by atoms with Crippen molar-refractivity contribution in [2.45, 2.75) is 32.9 Å². The number of benzene rings is 1. The second kappa shape index (κ2) is 5.09. The molecule has 2 rings (SSSR count). The molecule has 0 saturated heterocycles. The van der Waals surface area contributed by atoms with Gasteiger partial charge in [0.2, 0.25) is 0 Å². The van der Waals surface area contributed by atoms with Crippen LogP contribution in [0.5, 0.6) is 0 Å². The Labute approximate surface area is 111 Å². The molecule has 3 nitrogen and oxygen atoms in total. The molecule has 1 N–H and O–H groups in total. The fraction of sp³-hybridized carbons (Fsp3) is 0.357. The largest absolute Gasteiger partial charge is 0.308 e. The number of hydrogen-bond donors (Lipinski definition) is 1. The Hall–Kier alpha value is -1.75. The lowest BCUT2D eigenvalue weighted by Gasteiger charge is -2.20. The smallest absolute Gasteiger partial charge is 0.152 e. The third-order valence-corrected chi connectivity index (χ3v) is 2.63. The molecule has 0 fully saturated rings. The molecular weight excluding hydrogens is 248 g/mol. The molecule has 1 heterocycles. The average molecular weight is 265 g/mol. The molecule has 1 aromatic carbocycles. The molecule has 19 heavy (non-hydrogen) atoms. The summed E-state index contributed by atoms with van der Waals surface area (Å²) in [7, 11) is 0. The molecule has 0 aliphatic rings. The number of hydrogen-bond acceptors (Lipinski definition) is 2. The summed E-state index contributed by atoms with van der Waals surface area (Å²) in [6.07, 6.45) is 2.99. The maximum Gasteiger partial charge on any atom is 0.152 e. The molecule has 0 amide bonds. The SMILES string of the molecule is CC(C)(C)NCc1cc(F)c(-n2cccn2)c(F)c1. The standard InChI is InChI=1S/C14H17F2N3/c1-14(2,3)17-9-10-7-11(15)13(12(16)8-10)19-6-4-5-18-19/h4-8,17H,9H2,1-3H3. The van der Waals surface area contributed by atoms with E-state index in [1.807, 2.05) is 20.8 Å². The van der Waals surface area contributed by atoms with Crippen molar-refractivity contribution in [1.29, 1.82) is 0 Å². The topological polar surface area (TPSA) is 29.9 Å². The molecule has 2 aromatic rings. The fourth-order valence-corrected chi connectivity index (χ4v) is 1.71. The molecule has 0 aliphatic carbocycles. The van der Waals surface area contributed by atoms with Gasteiger partial charge in [0.1, 0.15) is 5.69 Å². The molecule has 0 saturated carbocycles. The first-order chi connectivity index (χ1) is 8.87. The average Bonchev–Trinajstić information content (AvgIpc) is 2.78. The third kappa shape index (κ3) is 3.38. The first kappa shape index (κ1) is 13.7. The van der Waals surface area contributed by atoms with Gasteiger partial charge in [-0.25, -0.2) is 13.5 Å². The van der Waals surface area contributed by atoms with Crippen molar-refractivity contribution >= 4 is 0 Å². The van der Waals surface area contributed by atoms with Crippen LogP contribution in [0.2, 0.25) is 0 Å². The molecule has 5 heteroatoms. The van der Waals surface area contributed by atoms with Crippen LogP contribution in [0.15, 0.2) is 30.6 Å². The van der Waals surface area contributed by atoms with Gasteiger partial charge < -0.3 is 5.32 Å². The Kier molecular flexibility index (Phi) is 3.66. The predicted molar refractivity (Wildman–Crippen MR) is 70.1 cm³/mol. The van der Waals surface area contributed by atoms with Crippen molar-refractivity contribution in [1.82, 2.24) is 15.1 Å². The van der Waals surface area contributed by atoms with E-state index in [0.717, 1.165) is 0 Å². The highest BCUT2D eigenvalue weighted by molar-refractivity contribution is 5.37. The summed E-state index contributed by atoms with van der Waals surface area (Å²) in [5.74, 6) is -1.23. The second-order valence-corrected chi connectivity index (χ2v) is 5.46. The van der Waals surface area contributed by atoms with Gasteiger partial charge in [0.25, 0.3) is 0 Å². The highest BCUT2D eigenvalue weighted by Crippen LogP contribution is 2.19. The molecule has 0 aliphatic heterocycles. The number of nitrogens with zero attached hydrogens (tertiary/aromatic N) is 2. The van der Waals surface area contributed by atoms with Crippen molar-refractivity contribution in [2.24, 2.45) is 0 Å². The Morgan fingerprint density at radius 1 is 1.21 bits per heavy atom. The fourth-order valence-electron chi connectivity index (χ4n) is 1.71. The highest BCUT2D eigenvalue weighted by atomic mass is 19.1. The minimum atomic E-state index is -0.616. The maximum absolute atomic E-state index is 14.0. The van der Waals surface area contributed by atoms with E-state index in [1.165, 1.54) is 29.2 Å². The summed E-state index contributed by atoms with van der Waals surface area (Å²) < 4.78 is 29.1. The predicted octanol–water partition coefficient (Wildman–Crippen LogP) is 3.04. The first-order valence-electron chi connectivity index (χ1n) is 6.10. The van der Waals surface area contributed by atoms with E-state index in [1.54, 1.807) is 6.07 Å². The minimum Gasteiger partial charge on any atom is -0.308 e. The molecule has 0 unspecified atom stereocenters. The Morgan fingerprint density at radius 3 is 2.32 bits per heavy atom. The normalized spacial score (nSPS) is 11.8.